The first kappa shape index (κ1) is 23.2. The molecule has 0 aliphatic carbocycles. The number of benzene rings is 2. The van der Waals surface area contributed by atoms with Crippen molar-refractivity contribution in [1.82, 2.24) is 20.4 Å². The van der Waals surface area contributed by atoms with Gasteiger partial charge in [0.2, 0.25) is 0 Å². The quantitative estimate of drug-likeness (QED) is 0.337. The third-order valence-electron chi connectivity index (χ3n) is 7.58. The predicted molar refractivity (Wildman–Crippen MR) is 135 cm³/mol. The van der Waals surface area contributed by atoms with Gasteiger partial charge in [-0.1, -0.05) is 18.2 Å². The fraction of sp³-hybridized carbons (Fsp3) is 0.333. The number of nitrogens with zero attached hydrogens (tertiary/aromatic N) is 2. The number of carbonyl (C=O) groups excluding carboxylic acids is 1. The van der Waals surface area contributed by atoms with Gasteiger partial charge in [0.25, 0.3) is 5.91 Å². The van der Waals surface area contributed by atoms with Crippen LogP contribution in [-0.4, -0.2) is 46.2 Å². The SMILES string of the molecule is CN1C2CCC1CC(NC(=O)c1n[nH]c3ccc(-c4ccc(-c5cccc(C(F)(F)F)c5)s4)cc13)C2. The molecular formula is C27H25F3N4OS. The fourth-order valence-corrected chi connectivity index (χ4v) is 6.62. The van der Waals surface area contributed by atoms with Crippen molar-refractivity contribution in [3.8, 4) is 20.9 Å². The second kappa shape index (κ2) is 8.74. The standard InChI is InChI=1S/C27H25F3N4OS/c1-34-19-6-7-20(34)14-18(13-19)31-26(35)25-21-12-16(5-8-22(21)32-33-25)24-10-9-23(36-24)15-3-2-4-17(11-15)27(28,29)30/h2-5,8-12,18-20H,6-7,13-14H2,1H3,(H,31,35)(H,32,33). The van der Waals surface area contributed by atoms with Gasteiger partial charge in [0.15, 0.2) is 5.69 Å². The van der Waals surface area contributed by atoms with Gasteiger partial charge < -0.3 is 10.2 Å². The monoisotopic (exact) mass is 510 g/mol. The summed E-state index contributed by atoms with van der Waals surface area (Å²) in [5.74, 6) is -0.178. The number of fused-ring (bicyclic) bond motifs is 3. The van der Waals surface area contributed by atoms with Crippen molar-refractivity contribution < 1.29 is 18.0 Å². The molecule has 2 aromatic heterocycles. The van der Waals surface area contributed by atoms with Crippen molar-refractivity contribution in [3.05, 3.63) is 65.9 Å². The Balaban J connectivity index is 1.25. The Morgan fingerprint density at radius 3 is 2.42 bits per heavy atom. The van der Waals surface area contributed by atoms with Gasteiger partial charge in [-0.15, -0.1) is 11.3 Å². The fourth-order valence-electron chi connectivity index (χ4n) is 5.62. The summed E-state index contributed by atoms with van der Waals surface area (Å²) in [5.41, 5.74) is 1.88. The molecule has 2 saturated heterocycles. The average molecular weight is 511 g/mol. The van der Waals surface area contributed by atoms with Gasteiger partial charge in [0.1, 0.15) is 0 Å². The molecule has 2 unspecified atom stereocenters. The summed E-state index contributed by atoms with van der Waals surface area (Å²) in [6.45, 7) is 0. The number of alkyl halides is 3. The first-order valence-corrected chi connectivity index (χ1v) is 12.9. The molecule has 2 atom stereocenters. The Morgan fingerprint density at radius 1 is 1.03 bits per heavy atom. The lowest BCUT2D eigenvalue weighted by molar-refractivity contribution is -0.137. The van der Waals surface area contributed by atoms with Crippen LogP contribution in [0, 0.1) is 0 Å². The van der Waals surface area contributed by atoms with E-state index in [1.165, 1.54) is 36.3 Å². The topological polar surface area (TPSA) is 61.0 Å². The van der Waals surface area contributed by atoms with E-state index in [0.29, 0.717) is 23.3 Å². The van der Waals surface area contributed by atoms with Crippen LogP contribution < -0.4 is 5.32 Å². The number of H-pyrrole nitrogens is 1. The van der Waals surface area contributed by atoms with Crippen molar-refractivity contribution in [2.24, 2.45) is 0 Å². The number of carbonyl (C=O) groups is 1. The van der Waals surface area contributed by atoms with Crippen molar-refractivity contribution in [2.45, 2.75) is 50.0 Å². The third kappa shape index (κ3) is 4.20. The van der Waals surface area contributed by atoms with Gasteiger partial charge in [-0.2, -0.15) is 18.3 Å². The third-order valence-corrected chi connectivity index (χ3v) is 8.76. The molecule has 5 nitrogen and oxygen atoms in total. The number of rotatable bonds is 4. The Bertz CT molecular complexity index is 1430. The molecule has 2 fully saturated rings. The van der Waals surface area contributed by atoms with E-state index in [1.807, 2.05) is 30.3 Å². The lowest BCUT2D eigenvalue weighted by Gasteiger charge is -2.36. The lowest BCUT2D eigenvalue weighted by Crippen LogP contribution is -2.48. The molecule has 6 rings (SSSR count). The number of hydrogen-bond acceptors (Lipinski definition) is 4. The van der Waals surface area contributed by atoms with E-state index in [2.05, 4.69) is 27.5 Å². The van der Waals surface area contributed by atoms with E-state index < -0.39 is 11.7 Å². The molecule has 186 valence electrons. The van der Waals surface area contributed by atoms with Crippen molar-refractivity contribution >= 4 is 28.1 Å². The lowest BCUT2D eigenvalue weighted by atomic mass is 9.98. The van der Waals surface area contributed by atoms with E-state index in [-0.39, 0.29) is 11.9 Å². The highest BCUT2D eigenvalue weighted by molar-refractivity contribution is 7.18. The minimum Gasteiger partial charge on any atom is -0.348 e. The molecule has 4 aromatic rings. The van der Waals surface area contributed by atoms with Crippen molar-refractivity contribution in [1.29, 1.82) is 0 Å². The van der Waals surface area contributed by atoms with Gasteiger partial charge in [-0.25, -0.2) is 0 Å². The molecular weight excluding hydrogens is 485 g/mol. The first-order chi connectivity index (χ1) is 17.3. The van der Waals surface area contributed by atoms with Gasteiger partial charge in [0, 0.05) is 33.3 Å². The molecule has 2 aromatic carbocycles. The number of thiophene rings is 1. The smallest absolute Gasteiger partial charge is 0.348 e. The maximum absolute atomic E-state index is 13.2. The second-order valence-corrected chi connectivity index (χ2v) is 10.9. The molecule has 4 heterocycles. The summed E-state index contributed by atoms with van der Waals surface area (Å²) in [4.78, 5) is 17.2. The first-order valence-electron chi connectivity index (χ1n) is 12.0. The Labute approximate surface area is 210 Å². The van der Waals surface area contributed by atoms with E-state index in [1.54, 1.807) is 6.07 Å². The number of halogens is 3. The molecule has 2 N–H and O–H groups in total. The van der Waals surface area contributed by atoms with Crippen LogP contribution in [0.3, 0.4) is 0 Å². The zero-order valence-electron chi connectivity index (χ0n) is 19.6. The van der Waals surface area contributed by atoms with Crippen molar-refractivity contribution in [2.75, 3.05) is 7.05 Å². The minimum atomic E-state index is -4.38. The number of hydrogen-bond donors (Lipinski definition) is 2. The van der Waals surface area contributed by atoms with Crippen LogP contribution in [0.25, 0.3) is 31.8 Å². The van der Waals surface area contributed by atoms with Crippen LogP contribution >= 0.6 is 11.3 Å². The molecule has 36 heavy (non-hydrogen) atoms. The predicted octanol–water partition coefficient (Wildman–Crippen LogP) is 6.33. The van der Waals surface area contributed by atoms with Gasteiger partial charge in [-0.3, -0.25) is 9.89 Å². The molecule has 0 radical (unpaired) electrons. The highest BCUT2D eigenvalue weighted by Gasteiger charge is 2.39. The van der Waals surface area contributed by atoms with Crippen LogP contribution in [0.4, 0.5) is 13.2 Å². The Hall–Kier alpha value is -3.17. The van der Waals surface area contributed by atoms with E-state index >= 15 is 0 Å². The molecule has 0 spiro atoms. The number of nitrogens with one attached hydrogen (secondary N) is 2. The molecule has 1 amide bonds. The van der Waals surface area contributed by atoms with Crippen LogP contribution in [0.5, 0.6) is 0 Å². The molecule has 9 heteroatoms. The van der Waals surface area contributed by atoms with Gasteiger partial charge in [0.05, 0.1) is 11.1 Å². The summed E-state index contributed by atoms with van der Waals surface area (Å²) < 4.78 is 39.4. The Morgan fingerprint density at radius 2 is 1.72 bits per heavy atom. The van der Waals surface area contributed by atoms with Gasteiger partial charge in [-0.05, 0) is 80.3 Å². The maximum Gasteiger partial charge on any atom is 0.416 e. The average Bonchev–Trinajstić information content (AvgIpc) is 3.55. The highest BCUT2D eigenvalue weighted by atomic mass is 32.1. The number of aromatic amines is 1. The van der Waals surface area contributed by atoms with Crippen LogP contribution in [-0.2, 0) is 6.18 Å². The van der Waals surface area contributed by atoms with Gasteiger partial charge >= 0.3 is 6.18 Å². The van der Waals surface area contributed by atoms with E-state index in [9.17, 15) is 18.0 Å². The largest absolute Gasteiger partial charge is 0.416 e. The van der Waals surface area contributed by atoms with Crippen LogP contribution in [0.2, 0.25) is 0 Å². The maximum atomic E-state index is 13.2. The summed E-state index contributed by atoms with van der Waals surface area (Å²) in [5, 5.41) is 11.2. The van der Waals surface area contributed by atoms with Crippen LogP contribution in [0.1, 0.15) is 41.7 Å². The zero-order valence-corrected chi connectivity index (χ0v) is 20.4. The molecule has 2 bridgehead atoms. The number of aromatic nitrogens is 2. The summed E-state index contributed by atoms with van der Waals surface area (Å²) in [7, 11) is 2.17. The Kier molecular flexibility index (Phi) is 5.64. The van der Waals surface area contributed by atoms with Crippen molar-refractivity contribution in [3.63, 3.8) is 0 Å². The summed E-state index contributed by atoms with van der Waals surface area (Å²) in [6.07, 6.45) is -0.0940. The van der Waals surface area contributed by atoms with Crippen LogP contribution in [0.15, 0.2) is 54.6 Å². The normalized spacial score (nSPS) is 22.3. The number of piperidine rings is 1. The summed E-state index contributed by atoms with van der Waals surface area (Å²) in [6, 6.07) is 16.0. The number of amides is 1. The molecule has 2 aliphatic rings. The molecule has 0 saturated carbocycles. The summed E-state index contributed by atoms with van der Waals surface area (Å²) >= 11 is 1.42. The zero-order chi connectivity index (χ0) is 25.0. The molecule has 2 aliphatic heterocycles. The highest BCUT2D eigenvalue weighted by Crippen LogP contribution is 2.38. The minimum absolute atomic E-state index is 0.147. The van der Waals surface area contributed by atoms with E-state index in [0.717, 1.165) is 45.1 Å². The second-order valence-electron chi connectivity index (χ2n) is 9.77. The van der Waals surface area contributed by atoms with E-state index in [4.69, 9.17) is 0 Å².